The van der Waals surface area contributed by atoms with Gasteiger partial charge < -0.3 is 10.6 Å². The highest BCUT2D eigenvalue weighted by Crippen LogP contribution is 2.36. The molecule has 2 N–H and O–H groups in total. The number of sulfonamides is 1. The Balaban J connectivity index is 2.47. The van der Waals surface area contributed by atoms with Crippen molar-refractivity contribution in [3.8, 4) is 0 Å². The SMILES string of the molecule is CCC(CC)(CN)C(=O)N1CCc2ccc(S(=O)(=O)N(C)C)cc21. The molecule has 0 bridgehead atoms. The highest BCUT2D eigenvalue weighted by Gasteiger charge is 2.39. The molecule has 0 aliphatic carbocycles. The molecule has 7 heteroatoms. The Morgan fingerprint density at radius 3 is 2.42 bits per heavy atom. The number of amides is 1. The number of nitrogens with zero attached hydrogens (tertiary/aromatic N) is 2. The zero-order chi connectivity index (χ0) is 18.1. The molecule has 6 nitrogen and oxygen atoms in total. The molecule has 1 aromatic rings. The van der Waals surface area contributed by atoms with Crippen LogP contribution < -0.4 is 10.6 Å². The van der Waals surface area contributed by atoms with E-state index in [1.807, 2.05) is 13.8 Å². The van der Waals surface area contributed by atoms with Crippen molar-refractivity contribution in [2.24, 2.45) is 11.1 Å². The van der Waals surface area contributed by atoms with Crippen LogP contribution in [0.1, 0.15) is 32.3 Å². The molecule has 1 aliphatic heterocycles. The summed E-state index contributed by atoms with van der Waals surface area (Å²) >= 11 is 0. The fourth-order valence-electron chi connectivity index (χ4n) is 3.16. The van der Waals surface area contributed by atoms with Crippen LogP contribution in [0.3, 0.4) is 0 Å². The molecule has 0 fully saturated rings. The number of benzene rings is 1. The Kier molecular flexibility index (Phi) is 5.37. The van der Waals surface area contributed by atoms with Crippen LogP contribution in [0.15, 0.2) is 23.1 Å². The van der Waals surface area contributed by atoms with Crippen molar-refractivity contribution in [1.29, 1.82) is 0 Å². The Morgan fingerprint density at radius 1 is 1.29 bits per heavy atom. The Labute approximate surface area is 144 Å². The maximum Gasteiger partial charge on any atom is 0.242 e. The molecule has 1 aromatic carbocycles. The minimum atomic E-state index is -3.53. The van der Waals surface area contributed by atoms with Crippen molar-refractivity contribution >= 4 is 21.6 Å². The summed E-state index contributed by atoms with van der Waals surface area (Å²) in [5, 5.41) is 0. The van der Waals surface area contributed by atoms with Gasteiger partial charge in [-0.05, 0) is 37.0 Å². The number of hydrogen-bond donors (Lipinski definition) is 1. The Morgan fingerprint density at radius 2 is 1.92 bits per heavy atom. The van der Waals surface area contributed by atoms with Gasteiger partial charge in [0.1, 0.15) is 0 Å². The van der Waals surface area contributed by atoms with Crippen molar-refractivity contribution < 1.29 is 13.2 Å². The van der Waals surface area contributed by atoms with Crippen molar-refractivity contribution in [2.45, 2.75) is 38.0 Å². The van der Waals surface area contributed by atoms with Gasteiger partial charge in [0, 0.05) is 32.9 Å². The van der Waals surface area contributed by atoms with Crippen LogP contribution in [0.5, 0.6) is 0 Å². The minimum absolute atomic E-state index is 0.00634. The largest absolute Gasteiger partial charge is 0.329 e. The molecule has 0 radical (unpaired) electrons. The lowest BCUT2D eigenvalue weighted by Crippen LogP contribution is -2.47. The first-order valence-corrected chi connectivity index (χ1v) is 9.75. The van der Waals surface area contributed by atoms with Gasteiger partial charge in [0.15, 0.2) is 0 Å². The van der Waals surface area contributed by atoms with Gasteiger partial charge >= 0.3 is 0 Å². The molecule has 0 spiro atoms. The summed E-state index contributed by atoms with van der Waals surface area (Å²) in [6.45, 7) is 4.80. The second-order valence-electron chi connectivity index (χ2n) is 6.48. The van der Waals surface area contributed by atoms with Gasteiger partial charge in [-0.3, -0.25) is 4.79 Å². The van der Waals surface area contributed by atoms with Crippen LogP contribution >= 0.6 is 0 Å². The number of carbonyl (C=O) groups is 1. The first kappa shape index (κ1) is 18.9. The number of anilines is 1. The van der Waals surface area contributed by atoms with E-state index in [1.165, 1.54) is 18.4 Å². The van der Waals surface area contributed by atoms with E-state index in [4.69, 9.17) is 5.73 Å². The lowest BCUT2D eigenvalue weighted by atomic mass is 9.81. The van der Waals surface area contributed by atoms with Gasteiger partial charge in [-0.15, -0.1) is 0 Å². The summed E-state index contributed by atoms with van der Waals surface area (Å²) in [5.41, 5.74) is 7.02. The van der Waals surface area contributed by atoms with Gasteiger partial charge in [0.2, 0.25) is 15.9 Å². The zero-order valence-electron chi connectivity index (χ0n) is 14.9. The summed E-state index contributed by atoms with van der Waals surface area (Å²) in [4.78, 5) is 15.0. The summed E-state index contributed by atoms with van der Waals surface area (Å²) < 4.78 is 25.9. The molecular formula is C17H27N3O3S. The number of rotatable bonds is 6. The van der Waals surface area contributed by atoms with Gasteiger partial charge in [0.05, 0.1) is 10.3 Å². The average molecular weight is 353 g/mol. The van der Waals surface area contributed by atoms with Gasteiger partial charge in [-0.1, -0.05) is 19.9 Å². The Bertz CT molecular complexity index is 716. The maximum absolute atomic E-state index is 13.1. The summed E-state index contributed by atoms with van der Waals surface area (Å²) in [6.07, 6.45) is 2.07. The summed E-state index contributed by atoms with van der Waals surface area (Å²) in [6, 6.07) is 5.03. The smallest absolute Gasteiger partial charge is 0.242 e. The first-order chi connectivity index (χ1) is 11.2. The second kappa shape index (κ2) is 6.82. The van der Waals surface area contributed by atoms with Crippen molar-refractivity contribution in [3.63, 3.8) is 0 Å². The van der Waals surface area contributed by atoms with Gasteiger partial charge in [-0.25, -0.2) is 12.7 Å². The molecule has 0 unspecified atom stereocenters. The zero-order valence-corrected chi connectivity index (χ0v) is 15.7. The quantitative estimate of drug-likeness (QED) is 0.842. The monoisotopic (exact) mass is 353 g/mol. The van der Waals surface area contributed by atoms with E-state index in [0.717, 1.165) is 12.0 Å². The van der Waals surface area contributed by atoms with Crippen LogP contribution in [-0.4, -0.2) is 45.8 Å². The van der Waals surface area contributed by atoms with E-state index in [-0.39, 0.29) is 10.8 Å². The van der Waals surface area contributed by atoms with E-state index in [9.17, 15) is 13.2 Å². The number of nitrogens with two attached hydrogens (primary N) is 1. The lowest BCUT2D eigenvalue weighted by Gasteiger charge is -2.33. The van der Waals surface area contributed by atoms with Crippen molar-refractivity contribution in [1.82, 2.24) is 4.31 Å². The van der Waals surface area contributed by atoms with Gasteiger partial charge in [0.25, 0.3) is 0 Å². The first-order valence-electron chi connectivity index (χ1n) is 8.31. The van der Waals surface area contributed by atoms with E-state index < -0.39 is 15.4 Å². The number of fused-ring (bicyclic) bond motifs is 1. The van der Waals surface area contributed by atoms with Crippen molar-refractivity contribution in [2.75, 3.05) is 32.1 Å². The third-order valence-electron chi connectivity index (χ3n) is 5.17. The fourth-order valence-corrected chi connectivity index (χ4v) is 4.08. The predicted molar refractivity (Wildman–Crippen MR) is 95.4 cm³/mol. The highest BCUT2D eigenvalue weighted by atomic mass is 32.2. The molecule has 134 valence electrons. The molecule has 0 atom stereocenters. The fraction of sp³-hybridized carbons (Fsp3) is 0.588. The normalized spacial score (nSPS) is 15.0. The van der Waals surface area contributed by atoms with Gasteiger partial charge in [-0.2, -0.15) is 0 Å². The standard InChI is InChI=1S/C17H27N3O3S/c1-5-17(6-2,12-18)16(21)20-10-9-13-7-8-14(11-15(13)20)24(22,23)19(3)4/h7-8,11H,5-6,9-10,12,18H2,1-4H3. The van der Waals surface area contributed by atoms with Crippen LogP contribution in [0.4, 0.5) is 5.69 Å². The molecule has 0 saturated carbocycles. The molecule has 1 heterocycles. The number of hydrogen-bond acceptors (Lipinski definition) is 4. The van der Waals surface area contributed by atoms with E-state index in [1.54, 1.807) is 23.1 Å². The van der Waals surface area contributed by atoms with E-state index in [2.05, 4.69) is 0 Å². The topological polar surface area (TPSA) is 83.7 Å². The summed E-state index contributed by atoms with van der Waals surface area (Å²) in [7, 11) is -0.531. The molecule has 24 heavy (non-hydrogen) atoms. The molecule has 1 amide bonds. The lowest BCUT2D eigenvalue weighted by molar-refractivity contribution is -0.128. The van der Waals surface area contributed by atoms with E-state index in [0.29, 0.717) is 31.6 Å². The third-order valence-corrected chi connectivity index (χ3v) is 6.99. The van der Waals surface area contributed by atoms with Crippen molar-refractivity contribution in [3.05, 3.63) is 23.8 Å². The highest BCUT2D eigenvalue weighted by molar-refractivity contribution is 7.89. The second-order valence-corrected chi connectivity index (χ2v) is 8.63. The molecule has 0 aromatic heterocycles. The average Bonchev–Trinajstić information content (AvgIpc) is 2.99. The third kappa shape index (κ3) is 2.96. The number of carbonyl (C=O) groups excluding carboxylic acids is 1. The maximum atomic E-state index is 13.1. The molecular weight excluding hydrogens is 326 g/mol. The predicted octanol–water partition coefficient (Wildman–Crippen LogP) is 1.59. The Hall–Kier alpha value is -1.44. The van der Waals surface area contributed by atoms with Crippen LogP contribution in [0.25, 0.3) is 0 Å². The van der Waals surface area contributed by atoms with Crippen LogP contribution in [0.2, 0.25) is 0 Å². The van der Waals surface area contributed by atoms with Crippen LogP contribution in [0, 0.1) is 5.41 Å². The molecule has 0 saturated heterocycles. The van der Waals surface area contributed by atoms with Crippen LogP contribution in [-0.2, 0) is 21.2 Å². The molecule has 2 rings (SSSR count). The molecule has 1 aliphatic rings. The summed E-state index contributed by atoms with van der Waals surface area (Å²) in [5.74, 6) is -0.00634. The minimum Gasteiger partial charge on any atom is -0.329 e. The van der Waals surface area contributed by atoms with E-state index >= 15 is 0 Å².